The Morgan fingerprint density at radius 1 is 1.22 bits per heavy atom. The summed E-state index contributed by atoms with van der Waals surface area (Å²) in [6.07, 6.45) is 3.13. The summed E-state index contributed by atoms with van der Waals surface area (Å²) in [5, 5.41) is 14.0. The van der Waals surface area contributed by atoms with E-state index in [9.17, 15) is 19.6 Å². The Morgan fingerprint density at radius 2 is 2.00 bits per heavy atom. The van der Waals surface area contributed by atoms with Gasteiger partial charge in [0.05, 0.1) is 18.9 Å². The van der Waals surface area contributed by atoms with Crippen LogP contribution in [0.5, 0.6) is 5.75 Å². The van der Waals surface area contributed by atoms with Crippen LogP contribution in [0.3, 0.4) is 0 Å². The molecule has 190 valence electrons. The normalized spacial score (nSPS) is 18.2. The van der Waals surface area contributed by atoms with Crippen LogP contribution in [0.15, 0.2) is 42.5 Å². The summed E-state index contributed by atoms with van der Waals surface area (Å²) < 4.78 is 5.39. The molecule has 1 heterocycles. The number of carbonyl (C=O) groups is 3. The number of nitrogens with one attached hydrogen (secondary N) is 2. The van der Waals surface area contributed by atoms with Crippen molar-refractivity contribution in [3.8, 4) is 11.8 Å². The summed E-state index contributed by atoms with van der Waals surface area (Å²) in [5.74, 6) is -0.442. The second-order valence-electron chi connectivity index (χ2n) is 10.0. The first-order chi connectivity index (χ1) is 17.9. The molecule has 0 aliphatic heterocycles. The number of rotatable bonds is 10. The van der Waals surface area contributed by atoms with Crippen molar-refractivity contribution in [2.75, 3.05) is 7.11 Å². The highest BCUT2D eigenvalue weighted by molar-refractivity contribution is 6.32. The molecule has 7 nitrogen and oxygen atoms in total. The van der Waals surface area contributed by atoms with Crippen LogP contribution in [0.4, 0.5) is 0 Å². The highest BCUT2D eigenvalue weighted by Crippen LogP contribution is 2.39. The number of carbonyl (C=O) groups excluding carboxylic acids is 3. The Balaban J connectivity index is 1.29. The quantitative estimate of drug-likeness (QED) is 0.362. The maximum absolute atomic E-state index is 13.3. The van der Waals surface area contributed by atoms with Gasteiger partial charge in [-0.05, 0) is 54.2 Å². The third kappa shape index (κ3) is 5.26. The maximum atomic E-state index is 13.3. The molecule has 2 aliphatic carbocycles. The highest BCUT2D eigenvalue weighted by Gasteiger charge is 2.36. The van der Waals surface area contributed by atoms with Gasteiger partial charge in [0.2, 0.25) is 5.91 Å². The first-order valence-electron chi connectivity index (χ1n) is 12.6. The van der Waals surface area contributed by atoms with Crippen molar-refractivity contribution >= 4 is 40.0 Å². The average molecular weight is 518 g/mol. The van der Waals surface area contributed by atoms with E-state index < -0.39 is 17.9 Å². The van der Waals surface area contributed by atoms with Gasteiger partial charge >= 0.3 is 0 Å². The van der Waals surface area contributed by atoms with Gasteiger partial charge in [0.15, 0.2) is 5.78 Å². The second kappa shape index (κ2) is 10.4. The van der Waals surface area contributed by atoms with E-state index in [2.05, 4.69) is 16.4 Å². The van der Waals surface area contributed by atoms with Crippen LogP contribution in [0.25, 0.3) is 10.9 Å². The van der Waals surface area contributed by atoms with Crippen molar-refractivity contribution < 1.29 is 19.1 Å². The van der Waals surface area contributed by atoms with Crippen molar-refractivity contribution in [2.45, 2.75) is 50.5 Å². The number of benzene rings is 2. The van der Waals surface area contributed by atoms with Crippen LogP contribution < -0.4 is 10.1 Å². The number of aromatic nitrogens is 1. The number of H-pyrrole nitrogens is 1. The fourth-order valence-corrected chi connectivity index (χ4v) is 5.56. The number of ketones is 2. The van der Waals surface area contributed by atoms with Crippen molar-refractivity contribution in [3.63, 3.8) is 0 Å². The van der Waals surface area contributed by atoms with E-state index in [4.69, 9.17) is 16.3 Å². The maximum Gasteiger partial charge on any atom is 0.224 e. The number of halogens is 1. The minimum Gasteiger partial charge on any atom is -0.496 e. The Kier molecular flexibility index (Phi) is 7.03. The largest absolute Gasteiger partial charge is 0.496 e. The monoisotopic (exact) mass is 517 g/mol. The molecular weight excluding hydrogens is 490 g/mol. The molecule has 2 aromatic carbocycles. The van der Waals surface area contributed by atoms with Gasteiger partial charge in [0.1, 0.15) is 17.6 Å². The second-order valence-corrected chi connectivity index (χ2v) is 10.4. The summed E-state index contributed by atoms with van der Waals surface area (Å²) in [6.45, 7) is 0. The van der Waals surface area contributed by atoms with Gasteiger partial charge in [0.25, 0.3) is 0 Å². The van der Waals surface area contributed by atoms with Gasteiger partial charge in [-0.3, -0.25) is 14.4 Å². The molecule has 1 saturated carbocycles. The molecule has 0 unspecified atom stereocenters. The van der Waals surface area contributed by atoms with Crippen molar-refractivity contribution in [3.05, 3.63) is 64.3 Å². The molecule has 0 bridgehead atoms. The highest BCUT2D eigenvalue weighted by atomic mass is 35.5. The van der Waals surface area contributed by atoms with Crippen LogP contribution in [0.1, 0.15) is 59.6 Å². The Hall–Kier alpha value is -3.63. The summed E-state index contributed by atoms with van der Waals surface area (Å²) in [7, 11) is 1.58. The zero-order valence-corrected chi connectivity index (χ0v) is 21.3. The van der Waals surface area contributed by atoms with Gasteiger partial charge in [-0.1, -0.05) is 42.6 Å². The molecule has 3 aromatic rings. The molecule has 1 fully saturated rings. The minimum absolute atomic E-state index is 0.00320. The SMILES string of the molecule is COc1cccc2[nH]c(C(=O)C[C@@H](CC3CC3)C(=O)N[C@H](C#N)C[C@H]3C(=O)Cc4c(Cl)cccc43)cc12. The van der Waals surface area contributed by atoms with E-state index >= 15 is 0 Å². The number of aromatic amines is 1. The van der Waals surface area contributed by atoms with Crippen molar-refractivity contribution in [1.29, 1.82) is 5.26 Å². The standard InChI is InChI=1S/C29H28ClN3O4/c1-37-28-7-3-6-24-22(28)13-25(33-24)27(35)11-17(10-16-8-9-16)29(36)32-18(15-31)12-21-19-4-2-5-23(30)20(19)14-26(21)34/h2-7,13,16-18,21,33H,8-12,14H2,1H3,(H,32,36)/t17-,18+,21-/m1/s1. The zero-order valence-electron chi connectivity index (χ0n) is 20.6. The molecule has 0 spiro atoms. The van der Waals surface area contributed by atoms with Gasteiger partial charge in [-0.15, -0.1) is 0 Å². The number of methoxy groups -OCH3 is 1. The van der Waals surface area contributed by atoms with Crippen molar-refractivity contribution in [1.82, 2.24) is 10.3 Å². The van der Waals surface area contributed by atoms with Crippen LogP contribution >= 0.6 is 11.6 Å². The summed E-state index contributed by atoms with van der Waals surface area (Å²) in [4.78, 5) is 42.4. The smallest absolute Gasteiger partial charge is 0.224 e. The molecule has 37 heavy (non-hydrogen) atoms. The van der Waals surface area contributed by atoms with Gasteiger partial charge in [-0.25, -0.2) is 0 Å². The first-order valence-corrected chi connectivity index (χ1v) is 12.9. The van der Waals surface area contributed by atoms with Gasteiger partial charge < -0.3 is 15.0 Å². The summed E-state index contributed by atoms with van der Waals surface area (Å²) >= 11 is 6.26. The summed E-state index contributed by atoms with van der Waals surface area (Å²) in [5.41, 5.74) is 2.84. The van der Waals surface area contributed by atoms with E-state index in [1.54, 1.807) is 25.3 Å². The Bertz CT molecular complexity index is 1420. The van der Waals surface area contributed by atoms with E-state index in [0.29, 0.717) is 28.8 Å². The molecule has 3 atom stereocenters. The molecule has 1 aromatic heterocycles. The third-order valence-electron chi connectivity index (χ3n) is 7.48. The lowest BCUT2D eigenvalue weighted by Gasteiger charge is -2.20. The number of hydrogen-bond acceptors (Lipinski definition) is 5. The lowest BCUT2D eigenvalue weighted by molar-refractivity contribution is -0.126. The Labute approximate surface area is 220 Å². The number of amides is 1. The van der Waals surface area contributed by atoms with Crippen LogP contribution in [0.2, 0.25) is 5.02 Å². The molecular formula is C29H28ClN3O4. The fourth-order valence-electron chi connectivity index (χ4n) is 5.32. The number of Topliss-reactive ketones (excluding diaryl/α,β-unsaturated/α-hetero) is 2. The van der Waals surface area contributed by atoms with Gasteiger partial charge in [-0.2, -0.15) is 5.26 Å². The first kappa shape index (κ1) is 25.0. The predicted octanol–water partition coefficient (Wildman–Crippen LogP) is 5.13. The molecule has 2 N–H and O–H groups in total. The van der Waals surface area contributed by atoms with E-state index in [0.717, 1.165) is 34.9 Å². The average Bonchev–Trinajstić information content (AvgIpc) is 3.50. The summed E-state index contributed by atoms with van der Waals surface area (Å²) in [6, 6.07) is 14.0. The number of fused-ring (bicyclic) bond motifs is 2. The van der Waals surface area contributed by atoms with Crippen LogP contribution in [0, 0.1) is 23.2 Å². The number of nitrogens with zero attached hydrogens (tertiary/aromatic N) is 1. The predicted molar refractivity (Wildman–Crippen MR) is 140 cm³/mol. The Morgan fingerprint density at radius 3 is 2.73 bits per heavy atom. The molecule has 2 aliphatic rings. The van der Waals surface area contributed by atoms with E-state index in [1.165, 1.54) is 0 Å². The topological polar surface area (TPSA) is 112 Å². The molecule has 0 radical (unpaired) electrons. The number of nitriles is 1. The molecule has 8 heteroatoms. The molecule has 5 rings (SSSR count). The minimum atomic E-state index is -0.847. The third-order valence-corrected chi connectivity index (χ3v) is 7.83. The molecule has 0 saturated heterocycles. The van der Waals surface area contributed by atoms with E-state index in [-0.39, 0.29) is 36.7 Å². The zero-order chi connectivity index (χ0) is 26.1. The van der Waals surface area contributed by atoms with Crippen LogP contribution in [-0.2, 0) is 16.0 Å². The number of hydrogen-bond donors (Lipinski definition) is 2. The lowest BCUT2D eigenvalue weighted by atomic mass is 9.91. The fraction of sp³-hybridized carbons (Fsp3) is 0.379. The number of ether oxygens (including phenoxy) is 1. The van der Waals surface area contributed by atoms with Gasteiger partial charge in [0, 0.05) is 40.6 Å². The lowest BCUT2D eigenvalue weighted by Crippen LogP contribution is -2.40. The van der Waals surface area contributed by atoms with Crippen LogP contribution in [-0.4, -0.2) is 35.6 Å². The molecule has 1 amide bonds. The van der Waals surface area contributed by atoms with Crippen molar-refractivity contribution in [2.24, 2.45) is 11.8 Å². The van der Waals surface area contributed by atoms with E-state index in [1.807, 2.05) is 24.3 Å².